The number of nitrogens with one attached hydrogen (secondary N) is 2. The molecular formula is C28H30N4O4. The number of benzene rings is 2. The van der Waals surface area contributed by atoms with Crippen LogP contribution in [0.4, 0.5) is 4.79 Å². The molecule has 1 saturated heterocycles. The van der Waals surface area contributed by atoms with Crippen LogP contribution in [0.2, 0.25) is 0 Å². The Morgan fingerprint density at radius 1 is 1.17 bits per heavy atom. The highest BCUT2D eigenvalue weighted by Gasteiger charge is 2.52. The normalized spacial score (nSPS) is 21.9. The van der Waals surface area contributed by atoms with Gasteiger partial charge in [-0.2, -0.15) is 5.26 Å². The van der Waals surface area contributed by atoms with Gasteiger partial charge >= 0.3 is 6.09 Å². The molecule has 8 nitrogen and oxygen atoms in total. The zero-order chi connectivity index (χ0) is 25.6. The summed E-state index contributed by atoms with van der Waals surface area (Å²) < 4.78 is 5.57. The molecule has 2 aliphatic rings. The van der Waals surface area contributed by atoms with Crippen molar-refractivity contribution in [1.29, 1.82) is 5.26 Å². The molecule has 1 aromatic heterocycles. The first kappa shape index (κ1) is 23.9. The molecule has 2 aromatic carbocycles. The molecular weight excluding hydrogens is 456 g/mol. The molecule has 5 rings (SSSR count). The molecule has 1 aliphatic heterocycles. The molecule has 8 heteroatoms. The number of H-pyrrole nitrogens is 1. The van der Waals surface area contributed by atoms with Gasteiger partial charge < -0.3 is 15.0 Å². The second kappa shape index (κ2) is 8.98. The molecule has 36 heavy (non-hydrogen) atoms. The van der Waals surface area contributed by atoms with Gasteiger partial charge in [0.25, 0.3) is 5.56 Å². The van der Waals surface area contributed by atoms with Gasteiger partial charge in [0.05, 0.1) is 6.07 Å². The Bertz CT molecular complexity index is 1450. The topological polar surface area (TPSA) is 115 Å². The summed E-state index contributed by atoms with van der Waals surface area (Å²) in [6.45, 7) is 5.41. The number of carbonyl (C=O) groups excluding carboxylic acids is 2. The summed E-state index contributed by atoms with van der Waals surface area (Å²) in [6.07, 6.45) is 2.27. The molecule has 2 bridgehead atoms. The maximum Gasteiger partial charge on any atom is 0.411 e. The molecule has 186 valence electrons. The Morgan fingerprint density at radius 3 is 2.69 bits per heavy atom. The van der Waals surface area contributed by atoms with Crippen LogP contribution >= 0.6 is 0 Å². The summed E-state index contributed by atoms with van der Waals surface area (Å²) in [6, 6.07) is 13.9. The van der Waals surface area contributed by atoms with Gasteiger partial charge in [0, 0.05) is 28.8 Å². The number of likely N-dealkylation sites (tertiary alicyclic amines) is 1. The molecule has 1 unspecified atom stereocenters. The monoisotopic (exact) mass is 486 g/mol. The lowest BCUT2D eigenvalue weighted by molar-refractivity contribution is -0.128. The minimum absolute atomic E-state index is 0.0110. The van der Waals surface area contributed by atoms with Crippen LogP contribution in [0.15, 0.2) is 47.3 Å². The van der Waals surface area contributed by atoms with Crippen molar-refractivity contribution in [2.24, 2.45) is 5.92 Å². The fourth-order valence-corrected chi connectivity index (χ4v) is 5.68. The van der Waals surface area contributed by atoms with Crippen molar-refractivity contribution in [1.82, 2.24) is 15.2 Å². The maximum absolute atomic E-state index is 13.3. The third kappa shape index (κ3) is 4.41. The fraction of sp³-hybridized carbons (Fsp3) is 0.429. The molecule has 1 saturated carbocycles. The van der Waals surface area contributed by atoms with E-state index in [1.165, 1.54) is 0 Å². The highest BCUT2D eigenvalue weighted by Crippen LogP contribution is 2.43. The van der Waals surface area contributed by atoms with Crippen molar-refractivity contribution >= 4 is 33.7 Å². The predicted octanol–water partition coefficient (Wildman–Crippen LogP) is 4.02. The minimum atomic E-state index is -0.797. The molecule has 2 fully saturated rings. The fourth-order valence-electron chi connectivity index (χ4n) is 5.68. The quantitative estimate of drug-likeness (QED) is 0.541. The first-order valence-corrected chi connectivity index (χ1v) is 12.4. The van der Waals surface area contributed by atoms with Crippen LogP contribution in [-0.4, -0.2) is 45.6 Å². The Hall–Kier alpha value is -3.86. The number of nitriles is 1. The Morgan fingerprint density at radius 2 is 1.94 bits per heavy atom. The van der Waals surface area contributed by atoms with Crippen molar-refractivity contribution in [2.75, 3.05) is 0 Å². The van der Waals surface area contributed by atoms with Gasteiger partial charge in [0.1, 0.15) is 17.7 Å². The van der Waals surface area contributed by atoms with Crippen molar-refractivity contribution in [3.8, 4) is 6.07 Å². The number of aromatic nitrogens is 1. The van der Waals surface area contributed by atoms with Crippen LogP contribution in [-0.2, 0) is 16.0 Å². The number of rotatable bonds is 4. The summed E-state index contributed by atoms with van der Waals surface area (Å²) in [5, 5.41) is 15.0. The predicted molar refractivity (Wildman–Crippen MR) is 136 cm³/mol. The highest BCUT2D eigenvalue weighted by molar-refractivity contribution is 6.05. The van der Waals surface area contributed by atoms with E-state index >= 15 is 0 Å². The smallest absolute Gasteiger partial charge is 0.411 e. The van der Waals surface area contributed by atoms with E-state index in [0.717, 1.165) is 41.1 Å². The lowest BCUT2D eigenvalue weighted by atomic mass is 9.97. The van der Waals surface area contributed by atoms with Gasteiger partial charge in [-0.1, -0.05) is 30.3 Å². The zero-order valence-corrected chi connectivity index (χ0v) is 20.7. The summed E-state index contributed by atoms with van der Waals surface area (Å²) in [5.74, 6) is -0.265. The maximum atomic E-state index is 13.3. The Kier molecular flexibility index (Phi) is 5.95. The van der Waals surface area contributed by atoms with Crippen LogP contribution in [0.25, 0.3) is 21.7 Å². The van der Waals surface area contributed by atoms with Gasteiger partial charge in [0.15, 0.2) is 0 Å². The number of nitrogens with zero attached hydrogens (tertiary/aromatic N) is 2. The van der Waals surface area contributed by atoms with E-state index in [4.69, 9.17) is 4.74 Å². The van der Waals surface area contributed by atoms with E-state index in [2.05, 4.69) is 16.4 Å². The molecule has 4 atom stereocenters. The molecule has 3 aromatic rings. The number of aromatic amines is 1. The summed E-state index contributed by atoms with van der Waals surface area (Å²) >= 11 is 0. The number of carbonyl (C=O) groups is 2. The zero-order valence-electron chi connectivity index (χ0n) is 20.7. The van der Waals surface area contributed by atoms with Gasteiger partial charge in [-0.05, 0) is 69.0 Å². The summed E-state index contributed by atoms with van der Waals surface area (Å²) in [4.78, 5) is 43.4. The van der Waals surface area contributed by atoms with E-state index in [0.29, 0.717) is 5.39 Å². The average Bonchev–Trinajstić information content (AvgIpc) is 3.45. The number of hydrogen-bond donors (Lipinski definition) is 2. The third-order valence-electron chi connectivity index (χ3n) is 7.16. The molecule has 1 aliphatic carbocycles. The minimum Gasteiger partial charge on any atom is -0.444 e. The van der Waals surface area contributed by atoms with Crippen LogP contribution < -0.4 is 10.9 Å². The van der Waals surface area contributed by atoms with Crippen LogP contribution in [0, 0.1) is 17.2 Å². The SMILES string of the molecule is CC(C)(C)OC(=O)N1[C@@H]2CC[C@@H](C2)[C@H]1C(=O)NC(C#N)Cc1ccc2c(c1)c(=O)[nH]c1ccccc12. The van der Waals surface area contributed by atoms with Crippen molar-refractivity contribution in [3.63, 3.8) is 0 Å². The van der Waals surface area contributed by atoms with Crippen LogP contribution in [0.5, 0.6) is 0 Å². The lowest BCUT2D eigenvalue weighted by Gasteiger charge is -2.35. The second-order valence-electron chi connectivity index (χ2n) is 10.8. The summed E-state index contributed by atoms with van der Waals surface area (Å²) in [5.41, 5.74) is 0.685. The van der Waals surface area contributed by atoms with E-state index in [-0.39, 0.29) is 29.8 Å². The van der Waals surface area contributed by atoms with E-state index in [9.17, 15) is 19.6 Å². The van der Waals surface area contributed by atoms with Crippen LogP contribution in [0.3, 0.4) is 0 Å². The number of para-hydroxylation sites is 1. The van der Waals surface area contributed by atoms with E-state index < -0.39 is 23.8 Å². The van der Waals surface area contributed by atoms with Crippen molar-refractivity contribution in [2.45, 2.75) is 70.2 Å². The lowest BCUT2D eigenvalue weighted by Crippen LogP contribution is -2.55. The van der Waals surface area contributed by atoms with E-state index in [1.54, 1.807) is 31.7 Å². The van der Waals surface area contributed by atoms with Gasteiger partial charge in [-0.15, -0.1) is 0 Å². The van der Waals surface area contributed by atoms with E-state index in [1.807, 2.05) is 36.4 Å². The Labute approximate surface area is 209 Å². The molecule has 2 N–H and O–H groups in total. The number of ether oxygens (including phenoxy) is 1. The number of fused-ring (bicyclic) bond motifs is 5. The molecule has 2 heterocycles. The van der Waals surface area contributed by atoms with Crippen molar-refractivity contribution in [3.05, 3.63) is 58.4 Å². The number of amides is 2. The van der Waals surface area contributed by atoms with Crippen molar-refractivity contribution < 1.29 is 14.3 Å². The standard InChI is InChI=1S/C28H30N4O4/c1-28(2,3)36-27(35)32-19-10-9-17(14-19)24(32)26(34)30-18(15-29)12-16-8-11-20-21-6-4-5-7-23(21)31-25(33)22(20)13-16/h4-8,11,13,17-19,24H,9-10,12,14H2,1-3H3,(H,30,34)(H,31,33)/t17-,18?,19+,24-/m0/s1. The van der Waals surface area contributed by atoms with Gasteiger partial charge in [-0.25, -0.2) is 4.79 Å². The largest absolute Gasteiger partial charge is 0.444 e. The number of piperidine rings is 1. The first-order chi connectivity index (χ1) is 17.1. The van der Waals surface area contributed by atoms with Crippen LogP contribution in [0.1, 0.15) is 45.6 Å². The highest BCUT2D eigenvalue weighted by atomic mass is 16.6. The first-order valence-electron chi connectivity index (χ1n) is 12.4. The average molecular weight is 487 g/mol. The Balaban J connectivity index is 1.35. The molecule has 0 radical (unpaired) electrons. The number of pyridine rings is 1. The van der Waals surface area contributed by atoms with Gasteiger partial charge in [0.2, 0.25) is 5.91 Å². The molecule has 2 amide bonds. The van der Waals surface area contributed by atoms with Gasteiger partial charge in [-0.3, -0.25) is 14.5 Å². The number of hydrogen-bond acceptors (Lipinski definition) is 5. The second-order valence-corrected chi connectivity index (χ2v) is 10.8. The third-order valence-corrected chi connectivity index (χ3v) is 7.16. The summed E-state index contributed by atoms with van der Waals surface area (Å²) in [7, 11) is 0. The molecule has 0 spiro atoms.